The summed E-state index contributed by atoms with van der Waals surface area (Å²) in [4.78, 5) is 38.2. The molecule has 3 amide bonds. The van der Waals surface area contributed by atoms with Crippen LogP contribution in [0, 0.1) is 0 Å². The Morgan fingerprint density at radius 3 is 2.25 bits per heavy atom. The number of rotatable bonds is 3. The van der Waals surface area contributed by atoms with Gasteiger partial charge in [-0.05, 0) is 37.3 Å². The lowest BCUT2D eigenvalue weighted by molar-refractivity contribution is -0.119. The van der Waals surface area contributed by atoms with Gasteiger partial charge in [0.05, 0.1) is 21.8 Å². The van der Waals surface area contributed by atoms with Gasteiger partial charge < -0.3 is 11.1 Å². The SMILES string of the molecule is CC(C(=O)Nc1ccc(N)cc1Cl)N1C(=O)c2ccccc2C1=O. The molecule has 1 unspecified atom stereocenters. The van der Waals surface area contributed by atoms with Crippen molar-refractivity contribution in [2.75, 3.05) is 11.1 Å². The number of anilines is 2. The molecule has 7 heteroatoms. The van der Waals surface area contributed by atoms with E-state index in [1.807, 2.05) is 0 Å². The number of nitrogen functional groups attached to an aromatic ring is 1. The molecule has 0 aliphatic carbocycles. The molecule has 122 valence electrons. The number of carbonyl (C=O) groups excluding carboxylic acids is 3. The minimum Gasteiger partial charge on any atom is -0.399 e. The van der Waals surface area contributed by atoms with Gasteiger partial charge in [0.2, 0.25) is 5.91 Å². The number of amides is 3. The number of hydrogen-bond donors (Lipinski definition) is 2. The summed E-state index contributed by atoms with van der Waals surface area (Å²) in [7, 11) is 0. The first-order chi connectivity index (χ1) is 11.4. The Balaban J connectivity index is 1.82. The summed E-state index contributed by atoms with van der Waals surface area (Å²) in [6.07, 6.45) is 0. The second-order valence-electron chi connectivity index (χ2n) is 5.43. The van der Waals surface area contributed by atoms with Crippen LogP contribution >= 0.6 is 11.6 Å². The van der Waals surface area contributed by atoms with Crippen molar-refractivity contribution >= 4 is 40.7 Å². The fourth-order valence-electron chi connectivity index (χ4n) is 2.55. The van der Waals surface area contributed by atoms with Crippen LogP contribution in [0.3, 0.4) is 0 Å². The molecule has 1 aliphatic rings. The molecule has 6 nitrogen and oxygen atoms in total. The zero-order chi connectivity index (χ0) is 17.4. The minimum absolute atomic E-state index is 0.276. The Hall–Kier alpha value is -2.86. The molecule has 0 saturated carbocycles. The van der Waals surface area contributed by atoms with E-state index in [0.29, 0.717) is 22.5 Å². The number of benzene rings is 2. The van der Waals surface area contributed by atoms with E-state index in [2.05, 4.69) is 5.32 Å². The molecule has 0 bridgehead atoms. The second-order valence-corrected chi connectivity index (χ2v) is 5.84. The van der Waals surface area contributed by atoms with Gasteiger partial charge in [-0.2, -0.15) is 0 Å². The number of imide groups is 1. The number of nitrogens with zero attached hydrogens (tertiary/aromatic N) is 1. The summed E-state index contributed by atoms with van der Waals surface area (Å²) in [5.41, 5.74) is 7.03. The van der Waals surface area contributed by atoms with Crippen LogP contribution in [0.4, 0.5) is 11.4 Å². The summed E-state index contributed by atoms with van der Waals surface area (Å²) < 4.78 is 0. The van der Waals surface area contributed by atoms with E-state index in [-0.39, 0.29) is 5.02 Å². The number of nitrogens with one attached hydrogen (secondary N) is 1. The number of nitrogens with two attached hydrogens (primary N) is 1. The third kappa shape index (κ3) is 2.61. The van der Waals surface area contributed by atoms with E-state index in [1.165, 1.54) is 13.0 Å². The van der Waals surface area contributed by atoms with Crippen molar-refractivity contribution in [2.24, 2.45) is 0 Å². The molecular weight excluding hydrogens is 330 g/mol. The monoisotopic (exact) mass is 343 g/mol. The Bertz CT molecular complexity index is 831. The largest absolute Gasteiger partial charge is 0.399 e. The van der Waals surface area contributed by atoms with Crippen LogP contribution < -0.4 is 11.1 Å². The predicted molar refractivity (Wildman–Crippen MR) is 90.9 cm³/mol. The first-order valence-corrected chi connectivity index (χ1v) is 7.60. The van der Waals surface area contributed by atoms with Crippen molar-refractivity contribution in [1.29, 1.82) is 0 Å². The summed E-state index contributed by atoms with van der Waals surface area (Å²) in [6.45, 7) is 1.49. The third-order valence-electron chi connectivity index (χ3n) is 3.84. The van der Waals surface area contributed by atoms with Crippen LogP contribution in [0.5, 0.6) is 0 Å². The first kappa shape index (κ1) is 16.0. The summed E-state index contributed by atoms with van der Waals surface area (Å²) in [6, 6.07) is 10.2. The minimum atomic E-state index is -0.981. The molecule has 1 atom stereocenters. The van der Waals surface area contributed by atoms with Crippen LogP contribution in [0.1, 0.15) is 27.6 Å². The molecule has 0 spiro atoms. The molecular formula is C17H14ClN3O3. The highest BCUT2D eigenvalue weighted by Gasteiger charge is 2.40. The van der Waals surface area contributed by atoms with Crippen LogP contribution in [-0.2, 0) is 4.79 Å². The molecule has 2 aromatic carbocycles. The van der Waals surface area contributed by atoms with Crippen LogP contribution in [-0.4, -0.2) is 28.7 Å². The standard InChI is InChI=1S/C17H14ClN3O3/c1-9(15(22)20-14-7-6-10(19)8-13(14)18)21-16(23)11-4-2-3-5-12(11)17(21)24/h2-9H,19H2,1H3,(H,20,22). The maximum Gasteiger partial charge on any atom is 0.262 e. The molecule has 0 saturated heterocycles. The number of hydrogen-bond acceptors (Lipinski definition) is 4. The molecule has 3 N–H and O–H groups in total. The topological polar surface area (TPSA) is 92.5 Å². The summed E-state index contributed by atoms with van der Waals surface area (Å²) in [5, 5.41) is 2.89. The lowest BCUT2D eigenvalue weighted by Crippen LogP contribution is -2.45. The highest BCUT2D eigenvalue weighted by Crippen LogP contribution is 2.27. The van der Waals surface area contributed by atoms with Crippen LogP contribution in [0.25, 0.3) is 0 Å². The Labute approximate surface area is 143 Å². The van der Waals surface area contributed by atoms with E-state index in [1.54, 1.807) is 36.4 Å². The van der Waals surface area contributed by atoms with E-state index in [4.69, 9.17) is 17.3 Å². The Kier molecular flexibility index (Phi) is 3.99. The van der Waals surface area contributed by atoms with Crippen molar-refractivity contribution in [3.63, 3.8) is 0 Å². The normalized spacial score (nSPS) is 14.5. The molecule has 0 aromatic heterocycles. The van der Waals surface area contributed by atoms with Crippen molar-refractivity contribution in [2.45, 2.75) is 13.0 Å². The summed E-state index contributed by atoms with van der Waals surface area (Å²) in [5.74, 6) is -1.49. The zero-order valence-electron chi connectivity index (χ0n) is 12.7. The molecule has 1 aliphatic heterocycles. The quantitative estimate of drug-likeness (QED) is 0.661. The van der Waals surface area contributed by atoms with Crippen LogP contribution in [0.15, 0.2) is 42.5 Å². The molecule has 2 aromatic rings. The molecule has 24 heavy (non-hydrogen) atoms. The maximum atomic E-state index is 12.4. The van der Waals surface area contributed by atoms with Gasteiger partial charge in [0, 0.05) is 5.69 Å². The van der Waals surface area contributed by atoms with Crippen molar-refractivity contribution in [3.05, 3.63) is 58.6 Å². The van der Waals surface area contributed by atoms with Gasteiger partial charge in [-0.25, -0.2) is 0 Å². The number of halogens is 1. The average molecular weight is 344 g/mol. The fraction of sp³-hybridized carbons (Fsp3) is 0.118. The van der Waals surface area contributed by atoms with Crippen molar-refractivity contribution in [3.8, 4) is 0 Å². The van der Waals surface area contributed by atoms with Gasteiger partial charge in [0.1, 0.15) is 6.04 Å². The fourth-order valence-corrected chi connectivity index (χ4v) is 2.78. The van der Waals surface area contributed by atoms with Crippen LogP contribution in [0.2, 0.25) is 5.02 Å². The van der Waals surface area contributed by atoms with Gasteiger partial charge in [-0.1, -0.05) is 23.7 Å². The number of carbonyl (C=O) groups is 3. The lowest BCUT2D eigenvalue weighted by Gasteiger charge is -2.22. The predicted octanol–water partition coefficient (Wildman–Crippen LogP) is 2.55. The van der Waals surface area contributed by atoms with E-state index < -0.39 is 23.8 Å². The third-order valence-corrected chi connectivity index (χ3v) is 4.16. The lowest BCUT2D eigenvalue weighted by atomic mass is 10.1. The molecule has 1 heterocycles. The summed E-state index contributed by atoms with van der Waals surface area (Å²) >= 11 is 6.03. The smallest absolute Gasteiger partial charge is 0.262 e. The van der Waals surface area contributed by atoms with E-state index in [9.17, 15) is 14.4 Å². The van der Waals surface area contributed by atoms with Crippen molar-refractivity contribution < 1.29 is 14.4 Å². The zero-order valence-corrected chi connectivity index (χ0v) is 13.5. The first-order valence-electron chi connectivity index (χ1n) is 7.23. The number of fused-ring (bicyclic) bond motifs is 1. The highest BCUT2D eigenvalue weighted by atomic mass is 35.5. The maximum absolute atomic E-state index is 12.4. The Morgan fingerprint density at radius 2 is 1.71 bits per heavy atom. The van der Waals surface area contributed by atoms with E-state index >= 15 is 0 Å². The second kappa shape index (κ2) is 5.98. The molecule has 0 fully saturated rings. The molecule has 3 rings (SSSR count). The van der Waals surface area contributed by atoms with Gasteiger partial charge in [-0.15, -0.1) is 0 Å². The molecule has 0 radical (unpaired) electrons. The highest BCUT2D eigenvalue weighted by molar-refractivity contribution is 6.34. The van der Waals surface area contributed by atoms with Gasteiger partial charge in [-0.3, -0.25) is 19.3 Å². The Morgan fingerprint density at radius 1 is 1.12 bits per heavy atom. The van der Waals surface area contributed by atoms with Gasteiger partial charge in [0.15, 0.2) is 0 Å². The van der Waals surface area contributed by atoms with E-state index in [0.717, 1.165) is 4.90 Å². The van der Waals surface area contributed by atoms with Crippen molar-refractivity contribution in [1.82, 2.24) is 4.90 Å². The van der Waals surface area contributed by atoms with Gasteiger partial charge >= 0.3 is 0 Å². The average Bonchev–Trinajstić information content (AvgIpc) is 2.81. The van der Waals surface area contributed by atoms with Gasteiger partial charge in [0.25, 0.3) is 11.8 Å².